The number of carbonyl (C=O) groups excluding carboxylic acids is 1. The molecule has 2 amide bonds. The highest BCUT2D eigenvalue weighted by Crippen LogP contribution is 2.43. The summed E-state index contributed by atoms with van der Waals surface area (Å²) in [5, 5.41) is 4.47. The van der Waals surface area contributed by atoms with Crippen LogP contribution in [0.2, 0.25) is 0 Å². The molecule has 4 heterocycles. The highest BCUT2D eigenvalue weighted by atomic mass is 32.1. The van der Waals surface area contributed by atoms with Gasteiger partial charge in [-0.2, -0.15) is 0 Å². The second kappa shape index (κ2) is 9.26. The molecule has 0 radical (unpaired) electrons. The zero-order valence-corrected chi connectivity index (χ0v) is 21.9. The first kappa shape index (κ1) is 23.1. The first-order valence-electron chi connectivity index (χ1n) is 12.8. The number of nitrogens with one attached hydrogen (secondary N) is 1. The SMILES string of the molecule is CCN1CCc2c(sc3c2CN(C(=O)Nc2cccc(C)c2)C(c2ccc(C)cc2)c2cccn2-3)C1. The monoisotopic (exact) mass is 496 g/mol. The summed E-state index contributed by atoms with van der Waals surface area (Å²) in [5.41, 5.74) is 8.17. The summed E-state index contributed by atoms with van der Waals surface area (Å²) in [5.74, 6) is 0. The van der Waals surface area contributed by atoms with E-state index < -0.39 is 0 Å². The Hall–Kier alpha value is -3.35. The van der Waals surface area contributed by atoms with Gasteiger partial charge in [0.1, 0.15) is 5.00 Å². The Morgan fingerprint density at radius 2 is 1.83 bits per heavy atom. The number of benzene rings is 2. The second-order valence-electron chi connectivity index (χ2n) is 9.95. The van der Waals surface area contributed by atoms with Crippen LogP contribution >= 0.6 is 11.3 Å². The van der Waals surface area contributed by atoms with E-state index in [1.807, 2.05) is 47.4 Å². The molecule has 0 fully saturated rings. The van der Waals surface area contributed by atoms with Gasteiger partial charge in [0, 0.05) is 35.4 Å². The van der Waals surface area contributed by atoms with Crippen LogP contribution in [-0.4, -0.2) is 33.5 Å². The van der Waals surface area contributed by atoms with Crippen molar-refractivity contribution >= 4 is 23.1 Å². The first-order valence-corrected chi connectivity index (χ1v) is 13.6. The predicted octanol–water partition coefficient (Wildman–Crippen LogP) is 6.67. The van der Waals surface area contributed by atoms with Crippen molar-refractivity contribution < 1.29 is 4.79 Å². The number of anilines is 1. The Morgan fingerprint density at radius 1 is 1.00 bits per heavy atom. The van der Waals surface area contributed by atoms with E-state index in [1.165, 1.54) is 26.6 Å². The normalized spacial score (nSPS) is 17.2. The lowest BCUT2D eigenvalue weighted by Crippen LogP contribution is -2.38. The third-order valence-corrected chi connectivity index (χ3v) is 8.77. The van der Waals surface area contributed by atoms with E-state index >= 15 is 0 Å². The van der Waals surface area contributed by atoms with Crippen molar-refractivity contribution in [3.63, 3.8) is 0 Å². The standard InChI is InChI=1S/C30H32N4OS/c1-4-32-16-14-24-25-18-34(30(35)31-23-8-5-7-21(3)17-23)28(22-12-10-20(2)11-13-22)26-9-6-15-33(26)29(25)36-27(24)19-32/h5-13,15,17,28H,4,14,16,18-19H2,1-3H3,(H,31,35). The number of aromatic nitrogens is 1. The number of amides is 2. The van der Waals surface area contributed by atoms with Crippen molar-refractivity contribution in [1.29, 1.82) is 0 Å². The second-order valence-corrected chi connectivity index (χ2v) is 11.0. The summed E-state index contributed by atoms with van der Waals surface area (Å²) in [4.78, 5) is 20.0. The number of nitrogens with zero attached hydrogens (tertiary/aromatic N) is 3. The molecule has 36 heavy (non-hydrogen) atoms. The molecule has 0 saturated heterocycles. The van der Waals surface area contributed by atoms with Crippen LogP contribution in [0, 0.1) is 13.8 Å². The van der Waals surface area contributed by atoms with E-state index in [-0.39, 0.29) is 12.1 Å². The van der Waals surface area contributed by atoms with Gasteiger partial charge in [0.25, 0.3) is 0 Å². The molecule has 0 bridgehead atoms. The maximum Gasteiger partial charge on any atom is 0.322 e. The van der Waals surface area contributed by atoms with E-state index in [4.69, 9.17) is 0 Å². The molecule has 2 aliphatic rings. The maximum atomic E-state index is 14.0. The summed E-state index contributed by atoms with van der Waals surface area (Å²) < 4.78 is 2.33. The largest absolute Gasteiger partial charge is 0.322 e. The predicted molar refractivity (Wildman–Crippen MR) is 147 cm³/mol. The average Bonchev–Trinajstić information content (AvgIpc) is 3.46. The van der Waals surface area contributed by atoms with Crippen molar-refractivity contribution in [3.8, 4) is 5.00 Å². The number of urea groups is 1. The molecule has 1 N–H and O–H groups in total. The van der Waals surface area contributed by atoms with Crippen molar-refractivity contribution in [2.24, 2.45) is 0 Å². The number of thiophene rings is 1. The van der Waals surface area contributed by atoms with E-state index in [1.54, 1.807) is 0 Å². The van der Waals surface area contributed by atoms with Gasteiger partial charge in [-0.3, -0.25) is 4.90 Å². The number of aryl methyl sites for hydroxylation is 2. The van der Waals surface area contributed by atoms with Crippen molar-refractivity contribution in [1.82, 2.24) is 14.4 Å². The number of fused-ring (bicyclic) bond motifs is 5. The van der Waals surface area contributed by atoms with Crippen LogP contribution in [0.1, 0.15) is 51.4 Å². The average molecular weight is 497 g/mol. The molecule has 4 aromatic rings. The fourth-order valence-corrected chi connectivity index (χ4v) is 6.97. The Morgan fingerprint density at radius 3 is 2.61 bits per heavy atom. The Bertz CT molecular complexity index is 1420. The van der Waals surface area contributed by atoms with Crippen LogP contribution in [0.3, 0.4) is 0 Å². The molecule has 6 rings (SSSR count). The zero-order valence-electron chi connectivity index (χ0n) is 21.1. The number of carbonyl (C=O) groups is 1. The fourth-order valence-electron chi connectivity index (χ4n) is 5.56. The van der Waals surface area contributed by atoms with Crippen molar-refractivity contribution in [2.75, 3.05) is 18.4 Å². The highest BCUT2D eigenvalue weighted by Gasteiger charge is 2.36. The molecule has 0 aliphatic carbocycles. The van der Waals surface area contributed by atoms with Crippen LogP contribution in [-0.2, 0) is 19.5 Å². The summed E-state index contributed by atoms with van der Waals surface area (Å²) in [6.07, 6.45) is 3.20. The van der Waals surface area contributed by atoms with Crippen LogP contribution in [0.15, 0.2) is 66.9 Å². The summed E-state index contributed by atoms with van der Waals surface area (Å²) in [7, 11) is 0. The molecular weight excluding hydrogens is 464 g/mol. The van der Waals surface area contributed by atoms with Gasteiger partial charge in [0.2, 0.25) is 0 Å². The van der Waals surface area contributed by atoms with Gasteiger partial charge in [0.15, 0.2) is 0 Å². The van der Waals surface area contributed by atoms with Gasteiger partial charge in [-0.05, 0) is 67.8 Å². The van der Waals surface area contributed by atoms with Gasteiger partial charge in [-0.25, -0.2) is 4.79 Å². The van der Waals surface area contributed by atoms with Gasteiger partial charge in [-0.1, -0.05) is 48.9 Å². The lowest BCUT2D eigenvalue weighted by molar-refractivity contribution is 0.194. The molecule has 2 aliphatic heterocycles. The zero-order chi connectivity index (χ0) is 24.8. The third kappa shape index (κ3) is 4.04. The molecule has 0 saturated carbocycles. The van der Waals surface area contributed by atoms with E-state index in [2.05, 4.69) is 71.2 Å². The molecule has 2 aromatic carbocycles. The highest BCUT2D eigenvalue weighted by molar-refractivity contribution is 7.15. The van der Waals surface area contributed by atoms with Gasteiger partial charge >= 0.3 is 6.03 Å². The van der Waals surface area contributed by atoms with Gasteiger partial charge < -0.3 is 14.8 Å². The van der Waals surface area contributed by atoms with E-state index in [0.717, 1.165) is 48.6 Å². The summed E-state index contributed by atoms with van der Waals surface area (Å²) >= 11 is 1.90. The lowest BCUT2D eigenvalue weighted by Gasteiger charge is -2.32. The molecular formula is C30H32N4OS. The van der Waals surface area contributed by atoms with Crippen LogP contribution in [0.5, 0.6) is 0 Å². The van der Waals surface area contributed by atoms with Gasteiger partial charge in [0.05, 0.1) is 18.3 Å². The fraction of sp³-hybridized carbons (Fsp3) is 0.300. The molecule has 1 atom stereocenters. The first-order chi connectivity index (χ1) is 17.5. The number of hydrogen-bond acceptors (Lipinski definition) is 3. The van der Waals surface area contributed by atoms with Crippen LogP contribution in [0.4, 0.5) is 10.5 Å². The quantitative estimate of drug-likeness (QED) is 0.344. The molecule has 2 aromatic heterocycles. The topological polar surface area (TPSA) is 40.5 Å². The minimum Gasteiger partial charge on any atom is -0.310 e. The van der Waals surface area contributed by atoms with Crippen molar-refractivity contribution in [2.45, 2.75) is 46.3 Å². The minimum atomic E-state index is -0.184. The van der Waals surface area contributed by atoms with E-state index in [0.29, 0.717) is 6.54 Å². The van der Waals surface area contributed by atoms with Crippen molar-refractivity contribution in [3.05, 3.63) is 105 Å². The molecule has 0 spiro atoms. The third-order valence-electron chi connectivity index (χ3n) is 7.51. The number of hydrogen-bond donors (Lipinski definition) is 1. The number of likely N-dealkylation sites (N-methyl/N-ethyl adjacent to an activating group) is 1. The molecule has 184 valence electrons. The van der Waals surface area contributed by atoms with Crippen LogP contribution < -0.4 is 5.32 Å². The van der Waals surface area contributed by atoms with E-state index in [9.17, 15) is 4.79 Å². The smallest absolute Gasteiger partial charge is 0.310 e. The summed E-state index contributed by atoms with van der Waals surface area (Å²) in [6, 6.07) is 20.7. The molecule has 1 unspecified atom stereocenters. The van der Waals surface area contributed by atoms with Crippen LogP contribution in [0.25, 0.3) is 5.00 Å². The van der Waals surface area contributed by atoms with Gasteiger partial charge in [-0.15, -0.1) is 11.3 Å². The Labute approximate surface area is 217 Å². The summed E-state index contributed by atoms with van der Waals surface area (Å²) in [6.45, 7) is 10.1. The molecule has 5 nitrogen and oxygen atoms in total. The lowest BCUT2D eigenvalue weighted by atomic mass is 9.99. The molecule has 6 heteroatoms. The Kier molecular flexibility index (Phi) is 5.94. The number of rotatable bonds is 3. The maximum absolute atomic E-state index is 14.0. The minimum absolute atomic E-state index is 0.0716. The Balaban J connectivity index is 1.48.